The molecule has 4 aliphatic heterocycles. The molecule has 13 rings (SSSR count). The summed E-state index contributed by atoms with van der Waals surface area (Å²) in [7, 11) is -11.4. The predicted octanol–water partition coefficient (Wildman–Crippen LogP) is 12.5. The zero-order valence-corrected chi connectivity index (χ0v) is 65.7. The normalized spacial score (nSPS) is 15.3. The van der Waals surface area contributed by atoms with Crippen LogP contribution in [-0.4, -0.2) is 191 Å². The number of fused-ring (bicyclic) bond motifs is 1. The number of sulfonamides is 3. The maximum absolute atomic E-state index is 13.4. The molecule has 3 aromatic heterocycles. The number of carbonyl (C=O) groups is 3. The summed E-state index contributed by atoms with van der Waals surface area (Å²) in [5.41, 5.74) is 6.22. The number of rotatable bonds is 20. The number of nitrogens with one attached hydrogen (secondary N) is 4. The Morgan fingerprint density at radius 1 is 0.583 bits per heavy atom. The van der Waals surface area contributed by atoms with E-state index in [2.05, 4.69) is 68.4 Å². The lowest BCUT2D eigenvalue weighted by atomic mass is 10.00. The Kier molecular flexibility index (Phi) is 26.3. The number of piperazine rings is 3. The van der Waals surface area contributed by atoms with Crippen LogP contribution in [0.3, 0.4) is 0 Å². The highest BCUT2D eigenvalue weighted by Gasteiger charge is 2.33. The molecule has 3 saturated heterocycles. The number of ether oxygens (including phenoxy) is 1. The third kappa shape index (κ3) is 20.6. The van der Waals surface area contributed by atoms with Crippen molar-refractivity contribution in [2.24, 2.45) is 0 Å². The molecule has 0 spiro atoms. The van der Waals surface area contributed by atoms with Gasteiger partial charge in [0.2, 0.25) is 22.2 Å². The zero-order valence-electron chi connectivity index (χ0n) is 58.7. The van der Waals surface area contributed by atoms with Gasteiger partial charge in [0.05, 0.1) is 29.8 Å². The van der Waals surface area contributed by atoms with E-state index in [-0.39, 0.29) is 79.3 Å². The van der Waals surface area contributed by atoms with Gasteiger partial charge >= 0.3 is 0 Å². The van der Waals surface area contributed by atoms with E-state index in [1.165, 1.54) is 60.7 Å². The average molecular weight is 1660 g/mol. The Hall–Kier alpha value is -9.12. The highest BCUT2D eigenvalue weighted by molar-refractivity contribution is 7.93. The van der Waals surface area contributed by atoms with Crippen molar-refractivity contribution >= 4 is 163 Å². The molecule has 27 nitrogen and oxygen atoms in total. The Balaban J connectivity index is 0.000000259. The summed E-state index contributed by atoms with van der Waals surface area (Å²) < 4.78 is 106. The number of benzene rings is 6. The van der Waals surface area contributed by atoms with Crippen LogP contribution in [-0.2, 0) is 50.9 Å². The Morgan fingerprint density at radius 2 is 1.14 bits per heavy atom. The van der Waals surface area contributed by atoms with Crippen molar-refractivity contribution in [1.82, 2.24) is 44.0 Å². The van der Waals surface area contributed by atoms with Gasteiger partial charge in [-0.15, -0.1) is 0 Å². The topological polar surface area (TPSA) is 311 Å². The second-order valence-corrected chi connectivity index (χ2v) is 33.1. The molecule has 1 unspecified atom stereocenters. The first-order valence-electron chi connectivity index (χ1n) is 33.9. The minimum Gasteiger partial charge on any atom is -0.484 e. The fraction of sp³-hybridized carbons (Fsp3) is 0.310. The van der Waals surface area contributed by atoms with Crippen LogP contribution >= 0.6 is 69.5 Å². The number of nitrogens with zero attached hydrogens (tertiary/aromatic N) is 13. The quantitative estimate of drug-likeness (QED) is 0.0515. The number of aromatic nitrogens is 6. The van der Waals surface area contributed by atoms with E-state index in [1.807, 2.05) is 41.8 Å². The lowest BCUT2D eigenvalue weighted by molar-refractivity contribution is -0.134. The van der Waals surface area contributed by atoms with Crippen molar-refractivity contribution in [2.45, 2.75) is 67.3 Å². The molecule has 0 bridgehead atoms. The van der Waals surface area contributed by atoms with Crippen LogP contribution < -0.4 is 43.8 Å². The molecular formula is C71H85Cl5FN17O10S4. The molecule has 4 aliphatic rings. The number of amides is 3. The summed E-state index contributed by atoms with van der Waals surface area (Å²) in [4.78, 5) is 72.6. The summed E-state index contributed by atoms with van der Waals surface area (Å²) in [5.74, 6) is 0.549. The number of halogens is 6. The van der Waals surface area contributed by atoms with Gasteiger partial charge in [0.15, 0.2) is 6.61 Å². The third-order valence-electron chi connectivity index (χ3n) is 18.0. The molecule has 7 heterocycles. The molecule has 37 heteroatoms. The average Bonchev–Trinajstić information content (AvgIpc) is 1.73. The van der Waals surface area contributed by atoms with Gasteiger partial charge in [0, 0.05) is 161 Å². The second-order valence-electron chi connectivity index (χ2n) is 25.3. The molecule has 3 fully saturated rings. The maximum Gasteiger partial charge on any atom is 0.263 e. The molecule has 0 aliphatic carbocycles. The maximum atomic E-state index is 13.4. The lowest BCUT2D eigenvalue weighted by Gasteiger charge is -2.41. The Bertz CT molecular complexity index is 5060. The first kappa shape index (κ1) is 79.9. The fourth-order valence-corrected chi connectivity index (χ4v) is 16.9. The molecule has 6 aromatic carbocycles. The van der Waals surface area contributed by atoms with E-state index in [4.69, 9.17) is 62.7 Å². The van der Waals surface area contributed by atoms with Gasteiger partial charge in [-0.05, 0) is 185 Å². The van der Waals surface area contributed by atoms with Gasteiger partial charge in [-0.3, -0.25) is 28.5 Å². The number of aryl methyl sites for hydroxylation is 3. The van der Waals surface area contributed by atoms with E-state index in [0.717, 1.165) is 64.4 Å². The molecule has 0 radical (unpaired) electrons. The van der Waals surface area contributed by atoms with Crippen molar-refractivity contribution in [3.8, 4) is 5.75 Å². The minimum atomic E-state index is -3.85. The van der Waals surface area contributed by atoms with Gasteiger partial charge in [0.1, 0.15) is 47.4 Å². The number of hydrogen-bond donors (Lipinski definition) is 4. The predicted molar refractivity (Wildman–Crippen MR) is 430 cm³/mol. The van der Waals surface area contributed by atoms with Gasteiger partial charge < -0.3 is 44.4 Å². The fourth-order valence-electron chi connectivity index (χ4n) is 12.2. The van der Waals surface area contributed by atoms with Crippen LogP contribution in [0.1, 0.15) is 44.4 Å². The van der Waals surface area contributed by atoms with Crippen LogP contribution in [0.15, 0.2) is 167 Å². The van der Waals surface area contributed by atoms with Crippen molar-refractivity contribution in [3.63, 3.8) is 0 Å². The summed E-state index contributed by atoms with van der Waals surface area (Å²) >= 11 is 30.7. The van der Waals surface area contributed by atoms with E-state index >= 15 is 0 Å². The smallest absolute Gasteiger partial charge is 0.263 e. The Morgan fingerprint density at radius 3 is 1.68 bits per heavy atom. The first-order chi connectivity index (χ1) is 51.6. The van der Waals surface area contributed by atoms with Gasteiger partial charge in [-0.25, -0.2) is 49.6 Å². The van der Waals surface area contributed by atoms with Crippen molar-refractivity contribution < 1.29 is 55.9 Å². The molecule has 9 aromatic rings. The number of carbonyl (C=O) groups excluding carboxylic acids is 3. The van der Waals surface area contributed by atoms with Crippen LogP contribution in [0.4, 0.5) is 49.6 Å². The molecule has 108 heavy (non-hydrogen) atoms. The molecular weight excluding hydrogens is 1580 g/mol. The summed E-state index contributed by atoms with van der Waals surface area (Å²) in [6.45, 7) is 14.9. The molecule has 2 atom stereocenters. The summed E-state index contributed by atoms with van der Waals surface area (Å²) in [5, 5.41) is 4.89. The van der Waals surface area contributed by atoms with Crippen LogP contribution in [0, 0.1) is 19.7 Å². The van der Waals surface area contributed by atoms with Crippen molar-refractivity contribution in [1.29, 1.82) is 0 Å². The molecule has 580 valence electrons. The van der Waals surface area contributed by atoms with E-state index in [0.29, 0.717) is 106 Å². The molecule has 4 N–H and O–H groups in total. The monoisotopic (exact) mass is 1660 g/mol. The second kappa shape index (κ2) is 35.5. The summed E-state index contributed by atoms with van der Waals surface area (Å²) in [6.07, 6.45) is 6.16. The molecule has 0 saturated carbocycles. The van der Waals surface area contributed by atoms with Gasteiger partial charge in [-0.1, -0.05) is 46.4 Å². The summed E-state index contributed by atoms with van der Waals surface area (Å²) in [6, 6.07) is 35.6. The van der Waals surface area contributed by atoms with Crippen molar-refractivity contribution in [2.75, 3.05) is 131 Å². The van der Waals surface area contributed by atoms with Crippen LogP contribution in [0.25, 0.3) is 0 Å². The largest absolute Gasteiger partial charge is 0.484 e. The minimum absolute atomic E-state index is 0. The van der Waals surface area contributed by atoms with Gasteiger partial charge in [0.25, 0.3) is 36.0 Å². The number of hydrogen-bond acceptors (Lipinski definition) is 22. The van der Waals surface area contributed by atoms with E-state index in [9.17, 15) is 44.0 Å². The SMILES string of the molecule is CC(Nc1ccc(Cl)c(Cl)c1)C(=O)N1CCN(c2ccc(S(=O)(=O)Nc3ccncn3)cc2)CC1.Cc1cnc(Cl)nc1NS(=O)(=O)c1ccc(N2CCN(C(=O)[C@@H](C)N3CCCc4cc(Cl)ccc43)CC2)cc1.Cc1nsc(NS(=O)(=O)c2ccc(N3CCN(C(=O)COc4ccc(F)c(Cl)c4)CC3)cc2)n1.[HH].[HH].[HH].[HH].[HH]. The highest BCUT2D eigenvalue weighted by Crippen LogP contribution is 2.34. The first-order valence-corrected chi connectivity index (χ1v) is 41.1. The Labute approximate surface area is 662 Å². The van der Waals surface area contributed by atoms with E-state index < -0.39 is 41.9 Å². The van der Waals surface area contributed by atoms with Crippen molar-refractivity contribution in [3.05, 3.63) is 200 Å². The highest BCUT2D eigenvalue weighted by atomic mass is 35.5. The number of anilines is 8. The lowest BCUT2D eigenvalue weighted by Crippen LogP contribution is -2.55. The van der Waals surface area contributed by atoms with Crippen LogP contribution in [0.5, 0.6) is 5.75 Å². The van der Waals surface area contributed by atoms with Crippen LogP contribution in [0.2, 0.25) is 25.4 Å². The zero-order chi connectivity index (χ0) is 77.0. The van der Waals surface area contributed by atoms with Gasteiger partial charge in [-0.2, -0.15) is 9.36 Å². The third-order valence-corrected chi connectivity index (χ3v) is 24.4. The standard InChI is InChI=1S/C27H30Cl2N6O3S.C23H24Cl2N6O3S.C21H21ClFN5O4S2.5H2/c1-18-17-30-27(29)31-25(18)32-39(37,38)23-8-6-22(7-9-23)33-12-14-34(15-13-33)26(36)19(2)35-11-3-4-20-16-21(28)5-10-24(20)35;1-16(28-17-2-7-20(24)21(25)14-17)23(32)31-12-10-30(11-13-31)18-3-5-19(6-4-18)35(33,34)29-22-8-9-26-15-27-22;1-14-24-21(33-25-14)26-34(30,31)17-5-2-15(3-6-17)27-8-10-28(11-9-27)20(29)13-32-16-4-7-19(23)18(22)12-16;;;;;/h5-10,16-17,19H,3-4,11-15H2,1-2H3,(H,30,31,32);2-9,14-16,28H,10-13H2,1H3,(H,26,27,29);2-7,12H,8-11,13H2,1H3,(H,24,25,26);5*1H/t19-;;;;;;;/m1......./s1. The van der Waals surface area contributed by atoms with E-state index in [1.54, 1.807) is 97.6 Å². The molecule has 3 amide bonds.